The zero-order valence-electron chi connectivity index (χ0n) is 14.5. The summed E-state index contributed by atoms with van der Waals surface area (Å²) in [6, 6.07) is 7.86. The van der Waals surface area contributed by atoms with Crippen LogP contribution in [0.4, 0.5) is 5.82 Å². The average molecular weight is 409 g/mol. The van der Waals surface area contributed by atoms with Crippen molar-refractivity contribution in [2.75, 3.05) is 25.5 Å². The van der Waals surface area contributed by atoms with Gasteiger partial charge in [-0.15, -0.1) is 0 Å². The van der Waals surface area contributed by atoms with E-state index in [-0.39, 0.29) is 24.6 Å². The Hall–Kier alpha value is -2.19. The third kappa shape index (κ3) is 5.14. The van der Waals surface area contributed by atoms with Crippen LogP contribution >= 0.6 is 15.9 Å². The summed E-state index contributed by atoms with van der Waals surface area (Å²) < 4.78 is 7.42. The van der Waals surface area contributed by atoms with Gasteiger partial charge in [0, 0.05) is 18.1 Å². The summed E-state index contributed by atoms with van der Waals surface area (Å²) >= 11 is 3.50. The average Bonchev–Trinajstić information content (AvgIpc) is 2.90. The van der Waals surface area contributed by atoms with Crippen LogP contribution in [0.3, 0.4) is 0 Å². The SMILES string of the molecule is CCOC(=O)c1cnn(C)c1NC(=O)CN(C)Cc1ccccc1Br. The van der Waals surface area contributed by atoms with Gasteiger partial charge in [0.15, 0.2) is 0 Å². The summed E-state index contributed by atoms with van der Waals surface area (Å²) in [6.45, 7) is 2.78. The van der Waals surface area contributed by atoms with Gasteiger partial charge in [-0.1, -0.05) is 34.1 Å². The molecule has 0 aliphatic carbocycles. The molecule has 0 unspecified atom stereocenters. The molecule has 2 rings (SSSR count). The number of nitrogens with one attached hydrogen (secondary N) is 1. The van der Waals surface area contributed by atoms with Crippen LogP contribution in [0.1, 0.15) is 22.8 Å². The predicted octanol–water partition coefficient (Wildman–Crippen LogP) is 2.43. The summed E-state index contributed by atoms with van der Waals surface area (Å²) in [6.07, 6.45) is 1.39. The second-order valence-corrected chi connectivity index (χ2v) is 6.42. The number of amides is 1. The van der Waals surface area contributed by atoms with Crippen LogP contribution in [0.5, 0.6) is 0 Å². The lowest BCUT2D eigenvalue weighted by atomic mass is 10.2. The molecule has 1 aromatic heterocycles. The molecule has 1 amide bonds. The maximum atomic E-state index is 12.3. The van der Waals surface area contributed by atoms with Crippen LogP contribution in [0.25, 0.3) is 0 Å². The van der Waals surface area contributed by atoms with E-state index in [1.54, 1.807) is 14.0 Å². The minimum absolute atomic E-state index is 0.175. The van der Waals surface area contributed by atoms with E-state index < -0.39 is 5.97 Å². The van der Waals surface area contributed by atoms with Crippen molar-refractivity contribution in [3.63, 3.8) is 0 Å². The fourth-order valence-corrected chi connectivity index (χ4v) is 2.74. The van der Waals surface area contributed by atoms with Gasteiger partial charge in [-0.25, -0.2) is 4.79 Å². The van der Waals surface area contributed by atoms with E-state index in [1.165, 1.54) is 10.9 Å². The lowest BCUT2D eigenvalue weighted by Gasteiger charge is -2.17. The monoisotopic (exact) mass is 408 g/mol. The van der Waals surface area contributed by atoms with Crippen molar-refractivity contribution < 1.29 is 14.3 Å². The molecule has 0 spiro atoms. The van der Waals surface area contributed by atoms with E-state index in [0.717, 1.165) is 10.0 Å². The number of anilines is 1. The van der Waals surface area contributed by atoms with Gasteiger partial charge in [0.2, 0.25) is 5.91 Å². The van der Waals surface area contributed by atoms with Crippen LogP contribution in [0.2, 0.25) is 0 Å². The molecule has 8 heteroatoms. The Morgan fingerprint density at radius 2 is 2.08 bits per heavy atom. The van der Waals surface area contributed by atoms with E-state index in [4.69, 9.17) is 4.74 Å². The quantitative estimate of drug-likeness (QED) is 0.711. The maximum Gasteiger partial charge on any atom is 0.343 e. The number of hydrogen-bond donors (Lipinski definition) is 1. The van der Waals surface area contributed by atoms with Crippen molar-refractivity contribution in [1.82, 2.24) is 14.7 Å². The first-order valence-corrected chi connectivity index (χ1v) is 8.62. The molecular weight excluding hydrogens is 388 g/mol. The first-order chi connectivity index (χ1) is 11.9. The van der Waals surface area contributed by atoms with Crippen LogP contribution in [-0.4, -0.2) is 46.8 Å². The molecule has 2 aromatic rings. The zero-order valence-corrected chi connectivity index (χ0v) is 16.0. The van der Waals surface area contributed by atoms with Gasteiger partial charge < -0.3 is 10.1 Å². The van der Waals surface area contributed by atoms with E-state index >= 15 is 0 Å². The number of carbonyl (C=O) groups excluding carboxylic acids is 2. The molecule has 134 valence electrons. The molecule has 0 aliphatic heterocycles. The number of esters is 1. The molecule has 1 heterocycles. The molecule has 0 aliphatic rings. The second-order valence-electron chi connectivity index (χ2n) is 5.56. The minimum atomic E-state index is -0.507. The summed E-state index contributed by atoms with van der Waals surface area (Å²) in [7, 11) is 3.51. The lowest BCUT2D eigenvalue weighted by Crippen LogP contribution is -2.31. The van der Waals surface area contributed by atoms with Crippen molar-refractivity contribution in [3.8, 4) is 0 Å². The Morgan fingerprint density at radius 3 is 2.76 bits per heavy atom. The number of aromatic nitrogens is 2. The summed E-state index contributed by atoms with van der Waals surface area (Å²) in [5, 5.41) is 6.75. The fraction of sp³-hybridized carbons (Fsp3) is 0.353. The lowest BCUT2D eigenvalue weighted by molar-refractivity contribution is -0.117. The number of nitrogens with zero attached hydrogens (tertiary/aromatic N) is 3. The number of hydrogen-bond acceptors (Lipinski definition) is 5. The van der Waals surface area contributed by atoms with Gasteiger partial charge in [0.1, 0.15) is 11.4 Å². The number of aryl methyl sites for hydroxylation is 1. The number of benzene rings is 1. The van der Waals surface area contributed by atoms with Crippen LogP contribution in [-0.2, 0) is 23.1 Å². The smallest absolute Gasteiger partial charge is 0.343 e. The highest BCUT2D eigenvalue weighted by molar-refractivity contribution is 9.10. The third-order valence-corrected chi connectivity index (χ3v) is 4.28. The molecule has 0 saturated heterocycles. The van der Waals surface area contributed by atoms with E-state index in [2.05, 4.69) is 26.3 Å². The maximum absolute atomic E-state index is 12.3. The largest absolute Gasteiger partial charge is 0.462 e. The number of rotatable bonds is 7. The molecule has 0 atom stereocenters. The van der Waals surface area contributed by atoms with Crippen molar-refractivity contribution in [1.29, 1.82) is 0 Å². The molecule has 0 radical (unpaired) electrons. The van der Waals surface area contributed by atoms with E-state index in [0.29, 0.717) is 12.4 Å². The molecule has 1 N–H and O–H groups in total. The molecular formula is C17H21BrN4O3. The Labute approximate surface area is 155 Å². The molecule has 0 fully saturated rings. The number of likely N-dealkylation sites (N-methyl/N-ethyl adjacent to an activating group) is 1. The normalized spacial score (nSPS) is 10.8. The second kappa shape index (κ2) is 8.77. The van der Waals surface area contributed by atoms with Gasteiger partial charge in [-0.3, -0.25) is 14.4 Å². The van der Waals surface area contributed by atoms with Crippen molar-refractivity contribution >= 4 is 33.6 Å². The van der Waals surface area contributed by atoms with Gasteiger partial charge >= 0.3 is 5.97 Å². The van der Waals surface area contributed by atoms with Crippen LogP contribution in [0.15, 0.2) is 34.9 Å². The van der Waals surface area contributed by atoms with Crippen LogP contribution < -0.4 is 5.32 Å². The first-order valence-electron chi connectivity index (χ1n) is 7.83. The van der Waals surface area contributed by atoms with Gasteiger partial charge in [0.05, 0.1) is 19.3 Å². The molecule has 7 nitrogen and oxygen atoms in total. The highest BCUT2D eigenvalue weighted by Crippen LogP contribution is 2.18. The van der Waals surface area contributed by atoms with Gasteiger partial charge in [-0.2, -0.15) is 5.10 Å². The topological polar surface area (TPSA) is 76.5 Å². The molecule has 0 saturated carbocycles. The fourth-order valence-electron chi connectivity index (χ4n) is 2.33. The summed E-state index contributed by atoms with van der Waals surface area (Å²) in [4.78, 5) is 26.1. The third-order valence-electron chi connectivity index (χ3n) is 3.50. The highest BCUT2D eigenvalue weighted by atomic mass is 79.9. The number of ether oxygens (including phenoxy) is 1. The molecule has 0 bridgehead atoms. The highest BCUT2D eigenvalue weighted by Gasteiger charge is 2.19. The van der Waals surface area contributed by atoms with Crippen molar-refractivity contribution in [2.24, 2.45) is 7.05 Å². The Balaban J connectivity index is 1.99. The Morgan fingerprint density at radius 1 is 1.36 bits per heavy atom. The van der Waals surface area contributed by atoms with E-state index in [9.17, 15) is 9.59 Å². The summed E-state index contributed by atoms with van der Waals surface area (Å²) in [5.74, 6) is -0.408. The Bertz CT molecular complexity index is 760. The predicted molar refractivity (Wildman–Crippen MR) is 98.3 cm³/mol. The Kier molecular flexibility index (Phi) is 6.72. The summed E-state index contributed by atoms with van der Waals surface area (Å²) in [5.41, 5.74) is 1.33. The first kappa shape index (κ1) is 19.1. The van der Waals surface area contributed by atoms with Crippen molar-refractivity contribution in [3.05, 3.63) is 46.1 Å². The standard InChI is InChI=1S/C17H21BrN4O3/c1-4-25-17(24)13-9-19-22(3)16(13)20-15(23)11-21(2)10-12-7-5-6-8-14(12)18/h5-9H,4,10-11H2,1-3H3,(H,20,23). The number of halogens is 1. The van der Waals surface area contributed by atoms with E-state index in [1.807, 2.05) is 36.2 Å². The van der Waals surface area contributed by atoms with Gasteiger partial charge in [0.25, 0.3) is 0 Å². The number of carbonyl (C=O) groups is 2. The van der Waals surface area contributed by atoms with Crippen molar-refractivity contribution in [2.45, 2.75) is 13.5 Å². The van der Waals surface area contributed by atoms with Crippen LogP contribution in [0, 0.1) is 0 Å². The van der Waals surface area contributed by atoms with Gasteiger partial charge in [-0.05, 0) is 25.6 Å². The molecule has 1 aromatic carbocycles. The zero-order chi connectivity index (χ0) is 18.4. The minimum Gasteiger partial charge on any atom is -0.462 e. The molecule has 25 heavy (non-hydrogen) atoms.